The fourth-order valence-corrected chi connectivity index (χ4v) is 0.356. The number of carbonyl (C=O) groups is 2. The standard InChI is InChI=1S/C7H11NO4/c1-5(2)6(9)12-4-8-7(10)11-3/h1,4H2,2-3H3,(H,8,10). The Kier molecular flexibility index (Phi) is 4.52. The zero-order chi connectivity index (χ0) is 9.56. The van der Waals surface area contributed by atoms with Gasteiger partial charge in [-0.2, -0.15) is 0 Å². The van der Waals surface area contributed by atoms with E-state index in [0.29, 0.717) is 0 Å². The van der Waals surface area contributed by atoms with Crippen molar-refractivity contribution in [2.24, 2.45) is 0 Å². The molecule has 1 amide bonds. The van der Waals surface area contributed by atoms with Gasteiger partial charge in [-0.1, -0.05) is 6.58 Å². The van der Waals surface area contributed by atoms with Gasteiger partial charge in [-0.3, -0.25) is 5.32 Å². The molecule has 0 spiro atoms. The fraction of sp³-hybridized carbons (Fsp3) is 0.429. The Morgan fingerprint density at radius 3 is 2.50 bits per heavy atom. The first-order valence-corrected chi connectivity index (χ1v) is 3.22. The molecule has 1 N–H and O–H groups in total. The van der Waals surface area contributed by atoms with Gasteiger partial charge >= 0.3 is 12.1 Å². The summed E-state index contributed by atoms with van der Waals surface area (Å²) >= 11 is 0. The van der Waals surface area contributed by atoms with Crippen LogP contribution in [0.5, 0.6) is 0 Å². The van der Waals surface area contributed by atoms with Crippen LogP contribution in [0.2, 0.25) is 0 Å². The molecule has 0 aliphatic heterocycles. The topological polar surface area (TPSA) is 64.6 Å². The monoisotopic (exact) mass is 173 g/mol. The second kappa shape index (κ2) is 5.17. The predicted octanol–water partition coefficient (Wildman–Crippen LogP) is 0.419. The van der Waals surface area contributed by atoms with Gasteiger partial charge < -0.3 is 9.47 Å². The van der Waals surface area contributed by atoms with Crippen LogP contribution >= 0.6 is 0 Å². The number of carbonyl (C=O) groups excluding carboxylic acids is 2. The SMILES string of the molecule is C=C(C)C(=O)OCNC(=O)OC. The summed E-state index contributed by atoms with van der Waals surface area (Å²) in [5, 5.41) is 2.17. The molecule has 0 radical (unpaired) electrons. The molecule has 5 heteroatoms. The van der Waals surface area contributed by atoms with Crippen LogP contribution in [0, 0.1) is 0 Å². The van der Waals surface area contributed by atoms with Crippen LogP contribution in [-0.4, -0.2) is 25.9 Å². The highest BCUT2D eigenvalue weighted by Crippen LogP contribution is 1.89. The molecule has 0 saturated heterocycles. The van der Waals surface area contributed by atoms with E-state index >= 15 is 0 Å². The van der Waals surface area contributed by atoms with Gasteiger partial charge in [-0.25, -0.2) is 9.59 Å². The minimum absolute atomic E-state index is 0.210. The molecule has 0 aromatic heterocycles. The van der Waals surface area contributed by atoms with Gasteiger partial charge in [0, 0.05) is 5.57 Å². The fourth-order valence-electron chi connectivity index (χ4n) is 0.356. The molecule has 0 aromatic carbocycles. The largest absolute Gasteiger partial charge is 0.453 e. The normalized spacial score (nSPS) is 8.50. The lowest BCUT2D eigenvalue weighted by Gasteiger charge is -2.04. The highest BCUT2D eigenvalue weighted by molar-refractivity contribution is 5.87. The second-order valence-corrected chi connectivity index (χ2v) is 2.02. The summed E-state index contributed by atoms with van der Waals surface area (Å²) in [6, 6.07) is 0. The van der Waals surface area contributed by atoms with Crippen LogP contribution in [-0.2, 0) is 14.3 Å². The van der Waals surface area contributed by atoms with E-state index in [1.165, 1.54) is 14.0 Å². The van der Waals surface area contributed by atoms with Crippen LogP contribution in [0.1, 0.15) is 6.92 Å². The number of amides is 1. The highest BCUT2D eigenvalue weighted by atomic mass is 16.6. The summed E-state index contributed by atoms with van der Waals surface area (Å²) < 4.78 is 8.75. The van der Waals surface area contributed by atoms with E-state index in [0.717, 1.165) is 0 Å². The smallest absolute Gasteiger partial charge is 0.409 e. The average molecular weight is 173 g/mol. The van der Waals surface area contributed by atoms with E-state index < -0.39 is 12.1 Å². The number of alkyl carbamates (subject to hydrolysis) is 1. The third kappa shape index (κ3) is 4.32. The molecule has 12 heavy (non-hydrogen) atoms. The molecule has 0 aromatic rings. The van der Waals surface area contributed by atoms with Crippen molar-refractivity contribution in [1.82, 2.24) is 5.32 Å². The van der Waals surface area contributed by atoms with Gasteiger partial charge in [0.1, 0.15) is 0 Å². The first kappa shape index (κ1) is 10.5. The summed E-state index contributed by atoms with van der Waals surface area (Å²) in [5.41, 5.74) is 0.279. The van der Waals surface area contributed by atoms with Crippen LogP contribution in [0.25, 0.3) is 0 Å². The lowest BCUT2D eigenvalue weighted by molar-refractivity contribution is -0.139. The Labute approximate surface area is 70.3 Å². The Morgan fingerprint density at radius 2 is 2.08 bits per heavy atom. The first-order chi connectivity index (χ1) is 5.57. The summed E-state index contributed by atoms with van der Waals surface area (Å²) in [7, 11) is 1.22. The van der Waals surface area contributed by atoms with E-state index in [1.807, 2.05) is 0 Å². The minimum Gasteiger partial charge on any atom is -0.453 e. The molecule has 0 aliphatic carbocycles. The number of methoxy groups -OCH3 is 1. The van der Waals surface area contributed by atoms with Gasteiger partial charge in [-0.15, -0.1) is 0 Å². The molecule has 0 aliphatic rings. The van der Waals surface area contributed by atoms with Crippen LogP contribution < -0.4 is 5.32 Å². The van der Waals surface area contributed by atoms with Crippen LogP contribution in [0.15, 0.2) is 12.2 Å². The second-order valence-electron chi connectivity index (χ2n) is 2.02. The van der Waals surface area contributed by atoms with Crippen molar-refractivity contribution in [3.05, 3.63) is 12.2 Å². The third-order valence-electron chi connectivity index (χ3n) is 0.954. The molecular weight excluding hydrogens is 162 g/mol. The lowest BCUT2D eigenvalue weighted by Crippen LogP contribution is -2.27. The minimum atomic E-state index is -0.649. The van der Waals surface area contributed by atoms with Gasteiger partial charge in [0.25, 0.3) is 0 Å². The summed E-state index contributed by atoms with van der Waals surface area (Å²) in [6.07, 6.45) is -0.649. The maximum atomic E-state index is 10.7. The Balaban J connectivity index is 3.50. The highest BCUT2D eigenvalue weighted by Gasteiger charge is 2.03. The first-order valence-electron chi connectivity index (χ1n) is 3.22. The Hall–Kier alpha value is -1.52. The summed E-state index contributed by atoms with van der Waals surface area (Å²) in [4.78, 5) is 21.1. The third-order valence-corrected chi connectivity index (χ3v) is 0.954. The molecule has 0 atom stereocenters. The average Bonchev–Trinajstić information content (AvgIpc) is 2.03. The van der Waals surface area contributed by atoms with E-state index in [4.69, 9.17) is 0 Å². The van der Waals surface area contributed by atoms with Gasteiger partial charge in [0.15, 0.2) is 6.73 Å². The van der Waals surface area contributed by atoms with Crippen molar-refractivity contribution in [1.29, 1.82) is 0 Å². The predicted molar refractivity (Wildman–Crippen MR) is 41.3 cm³/mol. The quantitative estimate of drug-likeness (QED) is 0.381. The zero-order valence-electron chi connectivity index (χ0n) is 7.05. The van der Waals surface area contributed by atoms with Gasteiger partial charge in [-0.05, 0) is 6.92 Å². The molecule has 0 bridgehead atoms. The zero-order valence-corrected chi connectivity index (χ0v) is 7.05. The van der Waals surface area contributed by atoms with E-state index in [9.17, 15) is 9.59 Å². The molecule has 0 heterocycles. The number of hydrogen-bond donors (Lipinski definition) is 1. The Bertz CT molecular complexity index is 200. The molecule has 68 valence electrons. The number of ether oxygens (including phenoxy) is 2. The van der Waals surface area contributed by atoms with Crippen molar-refractivity contribution in [2.45, 2.75) is 6.92 Å². The van der Waals surface area contributed by atoms with Gasteiger partial charge in [0.2, 0.25) is 0 Å². The molecule has 0 unspecified atom stereocenters. The van der Waals surface area contributed by atoms with Gasteiger partial charge in [0.05, 0.1) is 7.11 Å². The summed E-state index contributed by atoms with van der Waals surface area (Å²) in [5.74, 6) is -0.550. The number of rotatable bonds is 3. The Morgan fingerprint density at radius 1 is 1.50 bits per heavy atom. The number of hydrogen-bond acceptors (Lipinski definition) is 4. The van der Waals surface area contributed by atoms with Crippen LogP contribution in [0.4, 0.5) is 4.79 Å². The van der Waals surface area contributed by atoms with Crippen molar-refractivity contribution >= 4 is 12.1 Å². The van der Waals surface area contributed by atoms with E-state index in [-0.39, 0.29) is 12.3 Å². The van der Waals surface area contributed by atoms with Crippen molar-refractivity contribution < 1.29 is 19.1 Å². The van der Waals surface area contributed by atoms with Crippen molar-refractivity contribution in [3.63, 3.8) is 0 Å². The lowest BCUT2D eigenvalue weighted by atomic mass is 10.4. The van der Waals surface area contributed by atoms with Crippen molar-refractivity contribution in [3.8, 4) is 0 Å². The maximum absolute atomic E-state index is 10.7. The maximum Gasteiger partial charge on any atom is 0.409 e. The molecule has 0 saturated carbocycles. The van der Waals surface area contributed by atoms with E-state index in [2.05, 4.69) is 21.4 Å². The number of nitrogens with one attached hydrogen (secondary N) is 1. The van der Waals surface area contributed by atoms with Crippen LogP contribution in [0.3, 0.4) is 0 Å². The van der Waals surface area contributed by atoms with Crippen molar-refractivity contribution in [2.75, 3.05) is 13.8 Å². The molecular formula is C7H11NO4. The molecule has 5 nitrogen and oxygen atoms in total. The molecule has 0 rings (SSSR count). The summed E-state index contributed by atoms with van der Waals surface area (Å²) in [6.45, 7) is 4.66. The molecule has 0 fully saturated rings. The number of esters is 1. The van der Waals surface area contributed by atoms with E-state index in [1.54, 1.807) is 0 Å².